The number of piperidine rings is 2. The quantitative estimate of drug-likeness (QED) is 0.449. The molecule has 1 aromatic rings. The van der Waals surface area contributed by atoms with Crippen molar-refractivity contribution < 1.29 is 21.8 Å². The van der Waals surface area contributed by atoms with Gasteiger partial charge in [0, 0.05) is 38.8 Å². The molecule has 0 radical (unpaired) electrons. The highest BCUT2D eigenvalue weighted by Gasteiger charge is 2.31. The van der Waals surface area contributed by atoms with Gasteiger partial charge in [0.1, 0.15) is 5.69 Å². The van der Waals surface area contributed by atoms with E-state index in [0.717, 1.165) is 38.2 Å². The maximum absolute atomic E-state index is 12.9. The highest BCUT2D eigenvalue weighted by Crippen LogP contribution is 2.34. The van der Waals surface area contributed by atoms with Gasteiger partial charge in [0.05, 0.1) is 9.82 Å². The second-order valence-corrected chi connectivity index (χ2v) is 11.0. The predicted octanol–water partition coefficient (Wildman–Crippen LogP) is 0.779. The Hall–Kier alpha value is -1.80. The van der Waals surface area contributed by atoms with Crippen molar-refractivity contribution in [1.29, 1.82) is 0 Å². The van der Waals surface area contributed by atoms with Gasteiger partial charge in [-0.2, -0.15) is 12.7 Å². The smallest absolute Gasteiger partial charge is 0.293 e. The van der Waals surface area contributed by atoms with Crippen molar-refractivity contribution in [3.63, 3.8) is 0 Å². The first-order valence-corrected chi connectivity index (χ1v) is 12.9. The van der Waals surface area contributed by atoms with Crippen LogP contribution in [-0.4, -0.2) is 58.8 Å². The number of nitro benzene ring substituents is 1. The first kappa shape index (κ1) is 22.9. The second kappa shape index (κ2) is 9.14. The molecule has 1 aromatic carbocycles. The SMILES string of the molecule is NS(=O)(=O)NC[C@@H]1CCCN(c2ccc(S(=O)(=O)N3CCCCC3)cc2[N+](=O)[O-])C1. The van der Waals surface area contributed by atoms with Gasteiger partial charge in [-0.1, -0.05) is 6.42 Å². The molecule has 2 aliphatic rings. The monoisotopic (exact) mass is 461 g/mol. The summed E-state index contributed by atoms with van der Waals surface area (Å²) >= 11 is 0. The average Bonchev–Trinajstić information content (AvgIpc) is 2.72. The van der Waals surface area contributed by atoms with E-state index in [1.807, 2.05) is 0 Å². The van der Waals surface area contributed by atoms with Gasteiger partial charge in [0.2, 0.25) is 10.0 Å². The van der Waals surface area contributed by atoms with Crippen LogP contribution in [0.1, 0.15) is 32.1 Å². The number of benzene rings is 1. The number of nitrogens with one attached hydrogen (secondary N) is 1. The molecule has 2 heterocycles. The lowest BCUT2D eigenvalue weighted by Crippen LogP contribution is -2.42. The number of rotatable bonds is 7. The molecule has 2 aliphatic heterocycles. The molecule has 0 spiro atoms. The molecule has 2 fully saturated rings. The van der Waals surface area contributed by atoms with Crippen LogP contribution < -0.4 is 14.8 Å². The summed E-state index contributed by atoms with van der Waals surface area (Å²) < 4.78 is 51.7. The summed E-state index contributed by atoms with van der Waals surface area (Å²) in [7, 11) is -7.59. The fraction of sp³-hybridized carbons (Fsp3) is 0.647. The minimum absolute atomic E-state index is 0.0616. The van der Waals surface area contributed by atoms with Crippen LogP contribution in [0.4, 0.5) is 11.4 Å². The van der Waals surface area contributed by atoms with Crippen molar-refractivity contribution in [1.82, 2.24) is 9.03 Å². The highest BCUT2D eigenvalue weighted by molar-refractivity contribution is 7.89. The summed E-state index contributed by atoms with van der Waals surface area (Å²) in [5, 5.41) is 16.7. The summed E-state index contributed by atoms with van der Waals surface area (Å²) in [6.45, 7) is 1.95. The first-order chi connectivity index (χ1) is 14.1. The van der Waals surface area contributed by atoms with Crippen molar-refractivity contribution >= 4 is 31.6 Å². The number of hydrogen-bond donors (Lipinski definition) is 2. The third-order valence-corrected chi connectivity index (χ3v) is 7.99. The van der Waals surface area contributed by atoms with Crippen LogP contribution in [0.15, 0.2) is 23.1 Å². The minimum Gasteiger partial charge on any atom is -0.366 e. The van der Waals surface area contributed by atoms with Crippen LogP contribution in [0.25, 0.3) is 0 Å². The van der Waals surface area contributed by atoms with Crippen LogP contribution in [0.5, 0.6) is 0 Å². The summed E-state index contributed by atoms with van der Waals surface area (Å²) in [6, 6.07) is 4.02. The number of nitro groups is 1. The minimum atomic E-state index is -3.81. The molecule has 11 nitrogen and oxygen atoms in total. The van der Waals surface area contributed by atoms with Crippen molar-refractivity contribution in [3.05, 3.63) is 28.3 Å². The lowest BCUT2D eigenvalue weighted by atomic mass is 9.97. The number of hydrogen-bond acceptors (Lipinski definition) is 7. The molecule has 2 saturated heterocycles. The van der Waals surface area contributed by atoms with Crippen LogP contribution in [-0.2, 0) is 20.2 Å². The van der Waals surface area contributed by atoms with Gasteiger partial charge < -0.3 is 4.90 Å². The standard InChI is InChI=1S/C17H27N5O6S2/c18-30(27,28)19-12-14-5-4-8-20(13-14)16-7-6-15(11-17(16)22(23)24)29(25,26)21-9-2-1-3-10-21/h6-7,11,14,19H,1-5,8-10,12-13H2,(H2,18,27,28)/t14-/m0/s1. The zero-order valence-electron chi connectivity index (χ0n) is 16.6. The number of sulfonamides is 1. The van der Waals surface area contributed by atoms with Gasteiger partial charge in [-0.05, 0) is 43.7 Å². The summed E-state index contributed by atoms with van der Waals surface area (Å²) in [5.74, 6) is -0.0616. The molecule has 3 N–H and O–H groups in total. The topological polar surface area (TPSA) is 156 Å². The Bertz CT molecular complexity index is 992. The molecule has 13 heteroatoms. The molecule has 0 saturated carbocycles. The molecule has 168 valence electrons. The highest BCUT2D eigenvalue weighted by atomic mass is 32.2. The molecule has 0 amide bonds. The van der Waals surface area contributed by atoms with E-state index in [-0.39, 0.29) is 23.0 Å². The number of nitrogens with two attached hydrogens (primary N) is 1. The normalized spacial score (nSPS) is 21.5. The Balaban J connectivity index is 1.84. The van der Waals surface area contributed by atoms with E-state index < -0.39 is 25.2 Å². The first-order valence-electron chi connectivity index (χ1n) is 9.89. The zero-order valence-corrected chi connectivity index (χ0v) is 18.2. The zero-order chi connectivity index (χ0) is 21.9. The molecule has 3 rings (SSSR count). The van der Waals surface area contributed by atoms with Crippen LogP contribution in [0.2, 0.25) is 0 Å². The maximum Gasteiger partial charge on any atom is 0.293 e. The van der Waals surface area contributed by atoms with E-state index in [1.54, 1.807) is 4.90 Å². The van der Waals surface area contributed by atoms with Gasteiger partial charge in [0.25, 0.3) is 15.9 Å². The third kappa shape index (κ3) is 5.46. The largest absolute Gasteiger partial charge is 0.366 e. The lowest BCUT2D eigenvalue weighted by Gasteiger charge is -2.34. The average molecular weight is 462 g/mol. The fourth-order valence-corrected chi connectivity index (χ4v) is 6.02. The van der Waals surface area contributed by atoms with Crippen molar-refractivity contribution in [3.8, 4) is 0 Å². The van der Waals surface area contributed by atoms with Gasteiger partial charge in [0.15, 0.2) is 0 Å². The van der Waals surface area contributed by atoms with E-state index in [0.29, 0.717) is 31.9 Å². The van der Waals surface area contributed by atoms with Gasteiger partial charge in [-0.25, -0.2) is 18.3 Å². The Morgan fingerprint density at radius 3 is 2.43 bits per heavy atom. The molecule has 1 atom stereocenters. The van der Waals surface area contributed by atoms with Crippen LogP contribution >= 0.6 is 0 Å². The van der Waals surface area contributed by atoms with E-state index >= 15 is 0 Å². The molecule has 0 unspecified atom stereocenters. The molecular weight excluding hydrogens is 434 g/mol. The number of anilines is 1. The van der Waals surface area contributed by atoms with E-state index in [2.05, 4.69) is 4.72 Å². The molecule has 0 bridgehead atoms. The van der Waals surface area contributed by atoms with Crippen LogP contribution in [0, 0.1) is 16.0 Å². The summed E-state index contributed by atoms with van der Waals surface area (Å²) in [4.78, 5) is 12.9. The molecule has 30 heavy (non-hydrogen) atoms. The van der Waals surface area contributed by atoms with Gasteiger partial charge in [-0.3, -0.25) is 10.1 Å². The lowest BCUT2D eigenvalue weighted by molar-refractivity contribution is -0.384. The van der Waals surface area contributed by atoms with Crippen molar-refractivity contribution in [2.24, 2.45) is 11.1 Å². The molecule has 0 aromatic heterocycles. The van der Waals surface area contributed by atoms with Crippen molar-refractivity contribution in [2.45, 2.75) is 37.0 Å². The summed E-state index contributed by atoms with van der Waals surface area (Å²) in [6.07, 6.45) is 4.01. The number of nitrogens with zero attached hydrogens (tertiary/aromatic N) is 3. The predicted molar refractivity (Wildman–Crippen MR) is 112 cm³/mol. The Morgan fingerprint density at radius 1 is 1.10 bits per heavy atom. The third-order valence-electron chi connectivity index (χ3n) is 5.53. The Morgan fingerprint density at radius 2 is 1.80 bits per heavy atom. The Kier molecular flexibility index (Phi) is 6.97. The Labute approximate surface area is 176 Å². The van der Waals surface area contributed by atoms with Crippen LogP contribution in [0.3, 0.4) is 0 Å². The van der Waals surface area contributed by atoms with Gasteiger partial charge >= 0.3 is 0 Å². The molecular formula is C17H27N5O6S2. The summed E-state index contributed by atoms with van der Waals surface area (Å²) in [5.41, 5.74) is 0.0611. The van der Waals surface area contributed by atoms with Gasteiger partial charge in [-0.15, -0.1) is 0 Å². The van der Waals surface area contributed by atoms with E-state index in [9.17, 15) is 26.9 Å². The maximum atomic E-state index is 12.9. The molecule has 0 aliphatic carbocycles. The van der Waals surface area contributed by atoms with E-state index in [4.69, 9.17) is 5.14 Å². The fourth-order valence-electron chi connectivity index (χ4n) is 4.02. The van der Waals surface area contributed by atoms with Crippen molar-refractivity contribution in [2.75, 3.05) is 37.6 Å². The second-order valence-electron chi connectivity index (χ2n) is 7.72. The van der Waals surface area contributed by atoms with E-state index in [1.165, 1.54) is 16.4 Å².